The summed E-state index contributed by atoms with van der Waals surface area (Å²) in [7, 11) is 0. The first kappa shape index (κ1) is 10.9. The number of hydrogen-bond acceptors (Lipinski definition) is 3. The van der Waals surface area contributed by atoms with E-state index in [1.807, 2.05) is 0 Å². The topological polar surface area (TPSA) is 58.4 Å². The largest absolute Gasteiger partial charge is 0.370 e. The van der Waals surface area contributed by atoms with Crippen molar-refractivity contribution >= 4 is 5.91 Å². The second kappa shape index (κ2) is 4.94. The summed E-state index contributed by atoms with van der Waals surface area (Å²) in [5, 5.41) is 3.31. The minimum absolute atomic E-state index is 0.214. The first-order chi connectivity index (χ1) is 7.25. The Morgan fingerprint density at radius 3 is 2.87 bits per heavy atom. The van der Waals surface area contributed by atoms with Crippen molar-refractivity contribution in [1.29, 1.82) is 0 Å². The molecule has 0 aromatic heterocycles. The third kappa shape index (κ3) is 3.47. The van der Waals surface area contributed by atoms with Crippen molar-refractivity contribution in [2.75, 3.05) is 26.2 Å². The van der Waals surface area contributed by atoms with Gasteiger partial charge in [-0.2, -0.15) is 0 Å². The quantitative estimate of drug-likeness (QED) is 0.605. The SMILES string of the molecule is NC(=O)CCNCC1CCN(C2CC2)C1. The zero-order chi connectivity index (χ0) is 10.7. The molecule has 3 N–H and O–H groups in total. The summed E-state index contributed by atoms with van der Waals surface area (Å²) in [6, 6.07) is 0.903. The third-order valence-corrected chi connectivity index (χ3v) is 3.36. The number of nitrogens with zero attached hydrogens (tertiary/aromatic N) is 1. The van der Waals surface area contributed by atoms with Crippen LogP contribution >= 0.6 is 0 Å². The Bertz CT molecular complexity index is 228. The van der Waals surface area contributed by atoms with E-state index in [0.29, 0.717) is 6.42 Å². The Balaban J connectivity index is 1.54. The van der Waals surface area contributed by atoms with Crippen molar-refractivity contribution in [3.05, 3.63) is 0 Å². The maximum atomic E-state index is 10.5. The molecule has 0 spiro atoms. The molecule has 15 heavy (non-hydrogen) atoms. The van der Waals surface area contributed by atoms with Crippen LogP contribution in [0.25, 0.3) is 0 Å². The van der Waals surface area contributed by atoms with Crippen LogP contribution in [0.3, 0.4) is 0 Å². The predicted molar refractivity (Wildman–Crippen MR) is 59.4 cm³/mol. The van der Waals surface area contributed by atoms with Gasteiger partial charge in [-0.15, -0.1) is 0 Å². The number of amides is 1. The van der Waals surface area contributed by atoms with Gasteiger partial charge < -0.3 is 16.0 Å². The van der Waals surface area contributed by atoms with Crippen LogP contribution in [0.4, 0.5) is 0 Å². The summed E-state index contributed by atoms with van der Waals surface area (Å²) in [5.74, 6) is 0.562. The van der Waals surface area contributed by atoms with Crippen LogP contribution in [0.5, 0.6) is 0 Å². The normalized spacial score (nSPS) is 27.1. The second-order valence-electron chi connectivity index (χ2n) is 4.80. The molecule has 4 nitrogen and oxygen atoms in total. The van der Waals surface area contributed by atoms with Gasteiger partial charge >= 0.3 is 0 Å². The highest BCUT2D eigenvalue weighted by Gasteiger charge is 2.33. The molecule has 1 aliphatic carbocycles. The van der Waals surface area contributed by atoms with Crippen LogP contribution in [0, 0.1) is 5.92 Å². The lowest BCUT2D eigenvalue weighted by atomic mass is 10.1. The standard InChI is InChI=1S/C11H21N3O/c12-11(15)3-5-13-7-9-4-6-14(8-9)10-1-2-10/h9-10,13H,1-8H2,(H2,12,15). The van der Waals surface area contributed by atoms with Crippen LogP contribution in [-0.2, 0) is 4.79 Å². The van der Waals surface area contributed by atoms with E-state index in [-0.39, 0.29) is 5.91 Å². The maximum absolute atomic E-state index is 10.5. The molecule has 4 heteroatoms. The molecule has 1 atom stereocenters. The molecule has 2 aliphatic rings. The van der Waals surface area contributed by atoms with Crippen molar-refractivity contribution in [1.82, 2.24) is 10.2 Å². The lowest BCUT2D eigenvalue weighted by Gasteiger charge is -2.14. The predicted octanol–water partition coefficient (Wildman–Crippen LogP) is -0.0643. The molecule has 2 fully saturated rings. The molecular formula is C11H21N3O. The summed E-state index contributed by atoms with van der Waals surface area (Å²) in [4.78, 5) is 13.1. The van der Waals surface area contributed by atoms with E-state index in [2.05, 4.69) is 10.2 Å². The van der Waals surface area contributed by atoms with Gasteiger partial charge in [-0.1, -0.05) is 0 Å². The number of nitrogens with one attached hydrogen (secondary N) is 1. The van der Waals surface area contributed by atoms with Gasteiger partial charge in [0.25, 0.3) is 0 Å². The van der Waals surface area contributed by atoms with Crippen LogP contribution in [0.1, 0.15) is 25.7 Å². The summed E-state index contributed by atoms with van der Waals surface area (Å²) in [6.07, 6.45) is 4.57. The second-order valence-corrected chi connectivity index (χ2v) is 4.80. The van der Waals surface area contributed by atoms with E-state index in [9.17, 15) is 4.79 Å². The smallest absolute Gasteiger partial charge is 0.218 e. The number of rotatable bonds is 6. The van der Waals surface area contributed by atoms with Gasteiger partial charge in [0, 0.05) is 25.6 Å². The minimum Gasteiger partial charge on any atom is -0.370 e. The Morgan fingerprint density at radius 2 is 2.20 bits per heavy atom. The molecule has 0 bridgehead atoms. The van der Waals surface area contributed by atoms with Crippen LogP contribution in [0.15, 0.2) is 0 Å². The highest BCUT2D eigenvalue weighted by atomic mass is 16.1. The van der Waals surface area contributed by atoms with E-state index < -0.39 is 0 Å². The van der Waals surface area contributed by atoms with Gasteiger partial charge in [-0.25, -0.2) is 0 Å². The number of likely N-dealkylation sites (tertiary alicyclic amines) is 1. The Labute approximate surface area is 91.2 Å². The molecule has 1 saturated carbocycles. The zero-order valence-electron chi connectivity index (χ0n) is 9.24. The molecular weight excluding hydrogens is 190 g/mol. The summed E-state index contributed by atoms with van der Waals surface area (Å²) in [5.41, 5.74) is 5.07. The summed E-state index contributed by atoms with van der Waals surface area (Å²) >= 11 is 0. The van der Waals surface area contributed by atoms with Crippen molar-refractivity contribution in [2.45, 2.75) is 31.7 Å². The molecule has 2 rings (SSSR count). The van der Waals surface area contributed by atoms with E-state index >= 15 is 0 Å². The van der Waals surface area contributed by atoms with E-state index in [4.69, 9.17) is 5.73 Å². The van der Waals surface area contributed by atoms with E-state index in [1.54, 1.807) is 0 Å². The Hall–Kier alpha value is -0.610. The van der Waals surface area contributed by atoms with Crippen molar-refractivity contribution < 1.29 is 4.79 Å². The van der Waals surface area contributed by atoms with Crippen LogP contribution in [0.2, 0.25) is 0 Å². The average Bonchev–Trinajstić information content (AvgIpc) is 2.94. The highest BCUT2D eigenvalue weighted by molar-refractivity contribution is 5.73. The van der Waals surface area contributed by atoms with Gasteiger partial charge in [0.05, 0.1) is 0 Å². The highest BCUT2D eigenvalue weighted by Crippen LogP contribution is 2.31. The summed E-state index contributed by atoms with van der Waals surface area (Å²) < 4.78 is 0. The molecule has 1 unspecified atom stereocenters. The molecule has 0 aromatic rings. The Morgan fingerprint density at radius 1 is 1.40 bits per heavy atom. The lowest BCUT2D eigenvalue weighted by molar-refractivity contribution is -0.117. The Kier molecular flexibility index (Phi) is 3.59. The van der Waals surface area contributed by atoms with E-state index in [0.717, 1.165) is 25.0 Å². The van der Waals surface area contributed by atoms with Gasteiger partial charge in [-0.05, 0) is 38.3 Å². The monoisotopic (exact) mass is 211 g/mol. The lowest BCUT2D eigenvalue weighted by Crippen LogP contribution is -2.29. The number of primary amides is 1. The molecule has 1 aliphatic heterocycles. The maximum Gasteiger partial charge on any atom is 0.218 e. The number of nitrogens with two attached hydrogens (primary N) is 1. The molecule has 1 amide bonds. The van der Waals surface area contributed by atoms with Gasteiger partial charge in [0.1, 0.15) is 0 Å². The van der Waals surface area contributed by atoms with Gasteiger partial charge in [0.2, 0.25) is 5.91 Å². The number of carbonyl (C=O) groups excluding carboxylic acids is 1. The van der Waals surface area contributed by atoms with Gasteiger partial charge in [-0.3, -0.25) is 4.79 Å². The molecule has 0 aromatic carbocycles. The summed E-state index contributed by atoms with van der Waals surface area (Å²) in [6.45, 7) is 4.28. The first-order valence-electron chi connectivity index (χ1n) is 5.99. The number of hydrogen-bond donors (Lipinski definition) is 2. The van der Waals surface area contributed by atoms with Crippen molar-refractivity contribution in [2.24, 2.45) is 11.7 Å². The molecule has 1 saturated heterocycles. The van der Waals surface area contributed by atoms with E-state index in [1.165, 1.54) is 32.4 Å². The molecule has 86 valence electrons. The van der Waals surface area contributed by atoms with Crippen LogP contribution < -0.4 is 11.1 Å². The molecule has 1 heterocycles. The number of carbonyl (C=O) groups is 1. The van der Waals surface area contributed by atoms with Gasteiger partial charge in [0.15, 0.2) is 0 Å². The van der Waals surface area contributed by atoms with Crippen molar-refractivity contribution in [3.8, 4) is 0 Å². The fraction of sp³-hybridized carbons (Fsp3) is 0.909. The average molecular weight is 211 g/mol. The van der Waals surface area contributed by atoms with Crippen LogP contribution in [-0.4, -0.2) is 43.0 Å². The van der Waals surface area contributed by atoms with Crippen molar-refractivity contribution in [3.63, 3.8) is 0 Å². The minimum atomic E-state index is -0.214. The molecule has 0 radical (unpaired) electrons. The third-order valence-electron chi connectivity index (χ3n) is 3.36. The zero-order valence-corrected chi connectivity index (χ0v) is 9.24. The first-order valence-corrected chi connectivity index (χ1v) is 5.99. The fourth-order valence-corrected chi connectivity index (χ4v) is 2.32. The fourth-order valence-electron chi connectivity index (χ4n) is 2.32.